The molecule has 2 aromatic rings. The predicted octanol–water partition coefficient (Wildman–Crippen LogP) is 4.04. The molecule has 0 unspecified atom stereocenters. The highest BCUT2D eigenvalue weighted by atomic mass is 19.4. The van der Waals surface area contributed by atoms with Crippen LogP contribution in [0.4, 0.5) is 28.9 Å². The third-order valence-electron chi connectivity index (χ3n) is 2.73. The van der Waals surface area contributed by atoms with Crippen molar-refractivity contribution < 1.29 is 17.6 Å². The molecule has 0 aromatic heterocycles. The van der Waals surface area contributed by atoms with Gasteiger partial charge in [0.25, 0.3) is 0 Å². The molecule has 2 nitrogen and oxygen atoms in total. The van der Waals surface area contributed by atoms with E-state index in [1.807, 2.05) is 0 Å². The van der Waals surface area contributed by atoms with Gasteiger partial charge in [0, 0.05) is 12.2 Å². The van der Waals surface area contributed by atoms with Crippen molar-refractivity contribution in [3.63, 3.8) is 0 Å². The molecule has 3 N–H and O–H groups in total. The molecule has 0 fully saturated rings. The standard InChI is InChI=1S/C14H12F4N2/c15-12-7-10(14(16,17)18)4-5-13(12)20-8-9-2-1-3-11(19)6-9/h1-7,20H,8,19H2. The van der Waals surface area contributed by atoms with Gasteiger partial charge in [-0.3, -0.25) is 0 Å². The minimum Gasteiger partial charge on any atom is -0.399 e. The number of nitrogens with two attached hydrogens (primary N) is 1. The van der Waals surface area contributed by atoms with Crippen LogP contribution < -0.4 is 11.1 Å². The number of hydrogen-bond donors (Lipinski definition) is 2. The van der Waals surface area contributed by atoms with Crippen LogP contribution in [0.3, 0.4) is 0 Å². The Hall–Kier alpha value is -2.24. The van der Waals surface area contributed by atoms with Crippen LogP contribution in [-0.2, 0) is 12.7 Å². The molecule has 0 heterocycles. The predicted molar refractivity (Wildman–Crippen MR) is 69.6 cm³/mol. The van der Waals surface area contributed by atoms with Crippen molar-refractivity contribution >= 4 is 11.4 Å². The van der Waals surface area contributed by atoms with Gasteiger partial charge in [-0.25, -0.2) is 4.39 Å². The summed E-state index contributed by atoms with van der Waals surface area (Å²) in [5.74, 6) is -0.941. The minimum atomic E-state index is -4.55. The number of nitrogens with one attached hydrogen (secondary N) is 1. The molecule has 0 saturated carbocycles. The summed E-state index contributed by atoms with van der Waals surface area (Å²) in [6.45, 7) is 0.271. The highest BCUT2D eigenvalue weighted by Crippen LogP contribution is 2.31. The van der Waals surface area contributed by atoms with Gasteiger partial charge in [-0.1, -0.05) is 12.1 Å². The Balaban J connectivity index is 2.11. The molecule has 0 bridgehead atoms. The van der Waals surface area contributed by atoms with E-state index in [9.17, 15) is 17.6 Å². The first kappa shape index (κ1) is 14.2. The average molecular weight is 284 g/mol. The van der Waals surface area contributed by atoms with E-state index in [4.69, 9.17) is 5.73 Å². The van der Waals surface area contributed by atoms with Crippen LogP contribution in [0.1, 0.15) is 11.1 Å². The van der Waals surface area contributed by atoms with Crippen LogP contribution in [-0.4, -0.2) is 0 Å². The fourth-order valence-electron chi connectivity index (χ4n) is 1.74. The highest BCUT2D eigenvalue weighted by Gasteiger charge is 2.31. The van der Waals surface area contributed by atoms with E-state index in [1.54, 1.807) is 24.3 Å². The van der Waals surface area contributed by atoms with Crippen molar-refractivity contribution in [2.45, 2.75) is 12.7 Å². The quantitative estimate of drug-likeness (QED) is 0.659. The smallest absolute Gasteiger partial charge is 0.399 e. The molecule has 0 aliphatic carbocycles. The molecule has 20 heavy (non-hydrogen) atoms. The van der Waals surface area contributed by atoms with Gasteiger partial charge in [0.05, 0.1) is 11.3 Å². The first-order chi connectivity index (χ1) is 9.36. The minimum absolute atomic E-state index is 0.0143. The Labute approximate surface area is 113 Å². The van der Waals surface area contributed by atoms with Gasteiger partial charge in [0.1, 0.15) is 5.82 Å². The van der Waals surface area contributed by atoms with Crippen LogP contribution in [0.15, 0.2) is 42.5 Å². The molecule has 0 aliphatic heterocycles. The Morgan fingerprint density at radius 2 is 1.80 bits per heavy atom. The van der Waals surface area contributed by atoms with E-state index < -0.39 is 17.6 Å². The molecule has 2 aromatic carbocycles. The maximum absolute atomic E-state index is 13.6. The third-order valence-corrected chi connectivity index (χ3v) is 2.73. The Morgan fingerprint density at radius 3 is 2.40 bits per heavy atom. The van der Waals surface area contributed by atoms with E-state index >= 15 is 0 Å². The lowest BCUT2D eigenvalue weighted by Crippen LogP contribution is -2.07. The summed E-state index contributed by atoms with van der Waals surface area (Å²) in [4.78, 5) is 0. The van der Waals surface area contributed by atoms with Crippen LogP contribution in [0.5, 0.6) is 0 Å². The molecule has 0 atom stereocenters. The summed E-state index contributed by atoms with van der Waals surface area (Å²) in [5, 5.41) is 2.74. The van der Waals surface area contributed by atoms with Crippen molar-refractivity contribution in [2.24, 2.45) is 0 Å². The summed E-state index contributed by atoms with van der Waals surface area (Å²) in [6, 6.07) is 9.33. The number of anilines is 2. The Bertz CT molecular complexity index is 608. The fraction of sp³-hybridized carbons (Fsp3) is 0.143. The normalized spacial score (nSPS) is 11.4. The highest BCUT2D eigenvalue weighted by molar-refractivity contribution is 5.48. The van der Waals surface area contributed by atoms with Crippen molar-refractivity contribution in [3.05, 3.63) is 59.4 Å². The van der Waals surface area contributed by atoms with Gasteiger partial charge in [0.2, 0.25) is 0 Å². The summed E-state index contributed by atoms with van der Waals surface area (Å²) >= 11 is 0. The van der Waals surface area contributed by atoms with Gasteiger partial charge in [-0.05, 0) is 35.9 Å². The number of benzene rings is 2. The van der Waals surface area contributed by atoms with Gasteiger partial charge in [0.15, 0.2) is 0 Å². The summed E-state index contributed by atoms with van der Waals surface area (Å²) in [6.07, 6.45) is -4.55. The van der Waals surface area contributed by atoms with Crippen LogP contribution in [0, 0.1) is 5.82 Å². The van der Waals surface area contributed by atoms with E-state index in [2.05, 4.69) is 5.32 Å². The molecular weight excluding hydrogens is 272 g/mol. The van der Waals surface area contributed by atoms with Crippen molar-refractivity contribution in [2.75, 3.05) is 11.1 Å². The molecule has 106 valence electrons. The second kappa shape index (κ2) is 5.40. The maximum Gasteiger partial charge on any atom is 0.416 e. The van der Waals surface area contributed by atoms with E-state index in [0.29, 0.717) is 11.8 Å². The number of halogens is 4. The topological polar surface area (TPSA) is 38.0 Å². The van der Waals surface area contributed by atoms with E-state index in [1.165, 1.54) is 0 Å². The van der Waals surface area contributed by atoms with Gasteiger partial charge in [-0.15, -0.1) is 0 Å². The fourth-order valence-corrected chi connectivity index (χ4v) is 1.74. The lowest BCUT2D eigenvalue weighted by molar-refractivity contribution is -0.137. The van der Waals surface area contributed by atoms with Crippen LogP contribution >= 0.6 is 0 Å². The summed E-state index contributed by atoms with van der Waals surface area (Å²) in [5.41, 5.74) is 5.98. The largest absolute Gasteiger partial charge is 0.416 e. The summed E-state index contributed by atoms with van der Waals surface area (Å²) < 4.78 is 50.8. The zero-order chi connectivity index (χ0) is 14.8. The van der Waals surface area contributed by atoms with Crippen LogP contribution in [0.25, 0.3) is 0 Å². The molecular formula is C14H12F4N2. The molecule has 0 aliphatic rings. The first-order valence-corrected chi connectivity index (χ1v) is 5.81. The SMILES string of the molecule is Nc1cccc(CNc2ccc(C(F)(F)F)cc2F)c1. The van der Waals surface area contributed by atoms with E-state index in [0.717, 1.165) is 17.7 Å². The zero-order valence-corrected chi connectivity index (χ0v) is 10.3. The second-order valence-electron chi connectivity index (χ2n) is 4.29. The Kier molecular flexibility index (Phi) is 3.83. The van der Waals surface area contributed by atoms with Gasteiger partial charge < -0.3 is 11.1 Å². The van der Waals surface area contributed by atoms with Gasteiger partial charge >= 0.3 is 6.18 Å². The maximum atomic E-state index is 13.6. The lowest BCUT2D eigenvalue weighted by atomic mass is 10.1. The molecule has 0 amide bonds. The molecule has 6 heteroatoms. The third kappa shape index (κ3) is 3.40. The zero-order valence-electron chi connectivity index (χ0n) is 10.3. The lowest BCUT2D eigenvalue weighted by Gasteiger charge is -2.11. The molecule has 0 saturated heterocycles. The summed E-state index contributed by atoms with van der Waals surface area (Å²) in [7, 11) is 0. The van der Waals surface area contributed by atoms with E-state index in [-0.39, 0.29) is 12.2 Å². The first-order valence-electron chi connectivity index (χ1n) is 5.81. The average Bonchev–Trinajstić information content (AvgIpc) is 2.36. The number of hydrogen-bond acceptors (Lipinski definition) is 2. The van der Waals surface area contributed by atoms with Crippen molar-refractivity contribution in [3.8, 4) is 0 Å². The number of rotatable bonds is 3. The molecule has 2 rings (SSSR count). The monoisotopic (exact) mass is 284 g/mol. The number of nitrogen functional groups attached to an aromatic ring is 1. The van der Waals surface area contributed by atoms with Gasteiger partial charge in [-0.2, -0.15) is 13.2 Å². The second-order valence-corrected chi connectivity index (χ2v) is 4.29. The van der Waals surface area contributed by atoms with Crippen molar-refractivity contribution in [1.29, 1.82) is 0 Å². The Morgan fingerprint density at radius 1 is 1.05 bits per heavy atom. The van der Waals surface area contributed by atoms with Crippen molar-refractivity contribution in [1.82, 2.24) is 0 Å². The molecule has 0 spiro atoms. The van der Waals surface area contributed by atoms with Crippen LogP contribution in [0.2, 0.25) is 0 Å². The number of alkyl halides is 3. The molecule has 0 radical (unpaired) electrons.